The maximum absolute atomic E-state index is 13.5. The minimum Gasteiger partial charge on any atom is -0.483 e. The van der Waals surface area contributed by atoms with Crippen LogP contribution >= 0.6 is 27.7 Å². The van der Waals surface area contributed by atoms with E-state index in [-0.39, 0.29) is 18.4 Å². The molecule has 4 aromatic carbocycles. The van der Waals surface area contributed by atoms with Crippen molar-refractivity contribution in [3.63, 3.8) is 0 Å². The zero-order valence-corrected chi connectivity index (χ0v) is 22.5. The SMILES string of the molecule is O=C(COc1ccc(/C=C2\SC(=Nc3ccccc3)N(c3ccccc3)C2=O)cc1Br)Nc1ccccc1. The van der Waals surface area contributed by atoms with Crippen molar-refractivity contribution >= 4 is 67.8 Å². The van der Waals surface area contributed by atoms with Crippen LogP contribution in [0.1, 0.15) is 5.56 Å². The zero-order chi connectivity index (χ0) is 26.3. The highest BCUT2D eigenvalue weighted by molar-refractivity contribution is 9.10. The molecule has 1 saturated heterocycles. The Morgan fingerprint density at radius 2 is 1.58 bits per heavy atom. The van der Waals surface area contributed by atoms with Crippen molar-refractivity contribution in [2.45, 2.75) is 0 Å². The standard InChI is InChI=1S/C30H22BrN3O3S/c31-25-18-21(16-17-26(25)37-20-28(35)32-22-10-4-1-5-11-22)19-27-29(36)34(24-14-8-3-9-15-24)30(38-27)33-23-12-6-2-7-13-23/h1-19H,20H2,(H,32,35)/b27-19-,33-30?. The molecule has 0 radical (unpaired) electrons. The monoisotopic (exact) mass is 583 g/mol. The van der Waals surface area contributed by atoms with Crippen molar-refractivity contribution in [2.24, 2.45) is 4.99 Å². The minimum atomic E-state index is -0.256. The third-order valence-corrected chi connectivity index (χ3v) is 7.06. The van der Waals surface area contributed by atoms with Crippen molar-refractivity contribution in [3.8, 4) is 5.75 Å². The summed E-state index contributed by atoms with van der Waals surface area (Å²) in [4.78, 5) is 32.6. The Labute approximate surface area is 233 Å². The molecule has 1 aliphatic heterocycles. The number of nitrogens with one attached hydrogen (secondary N) is 1. The number of nitrogens with zero attached hydrogens (tertiary/aromatic N) is 2. The van der Waals surface area contributed by atoms with E-state index in [9.17, 15) is 9.59 Å². The molecule has 0 aliphatic carbocycles. The van der Waals surface area contributed by atoms with E-state index in [0.717, 1.165) is 16.9 Å². The van der Waals surface area contributed by atoms with Gasteiger partial charge in [0.2, 0.25) is 0 Å². The van der Waals surface area contributed by atoms with E-state index in [2.05, 4.69) is 21.2 Å². The minimum absolute atomic E-state index is 0.131. The van der Waals surface area contributed by atoms with E-state index in [1.54, 1.807) is 11.0 Å². The van der Waals surface area contributed by atoms with Gasteiger partial charge in [-0.25, -0.2) is 4.99 Å². The van der Waals surface area contributed by atoms with Gasteiger partial charge in [0.25, 0.3) is 11.8 Å². The first-order valence-electron chi connectivity index (χ1n) is 11.8. The Morgan fingerprint density at radius 3 is 2.26 bits per heavy atom. The number of carbonyl (C=O) groups is 2. The molecule has 0 bridgehead atoms. The van der Waals surface area contributed by atoms with E-state index >= 15 is 0 Å². The molecule has 0 atom stereocenters. The Kier molecular flexibility index (Phi) is 8.01. The van der Waals surface area contributed by atoms with Crippen molar-refractivity contribution in [1.82, 2.24) is 0 Å². The number of para-hydroxylation sites is 3. The number of ether oxygens (including phenoxy) is 1. The molecule has 0 unspecified atom stereocenters. The van der Waals surface area contributed by atoms with Crippen LogP contribution in [0.5, 0.6) is 5.75 Å². The van der Waals surface area contributed by atoms with Crippen LogP contribution in [-0.4, -0.2) is 23.6 Å². The Bertz CT molecular complexity index is 1510. The molecule has 5 rings (SSSR count). The van der Waals surface area contributed by atoms with Crippen LogP contribution in [0, 0.1) is 0 Å². The second-order valence-electron chi connectivity index (χ2n) is 8.21. The molecular formula is C30H22BrN3O3S. The van der Waals surface area contributed by atoms with Crippen LogP contribution in [0.15, 0.2) is 124 Å². The first kappa shape index (κ1) is 25.5. The van der Waals surface area contributed by atoms with Crippen molar-refractivity contribution in [1.29, 1.82) is 0 Å². The van der Waals surface area contributed by atoms with Gasteiger partial charge >= 0.3 is 0 Å². The molecule has 0 saturated carbocycles. The van der Waals surface area contributed by atoms with Gasteiger partial charge in [-0.1, -0.05) is 60.7 Å². The predicted octanol–water partition coefficient (Wildman–Crippen LogP) is 7.28. The molecule has 1 N–H and O–H groups in total. The molecule has 0 aromatic heterocycles. The highest BCUT2D eigenvalue weighted by Crippen LogP contribution is 2.38. The normalized spacial score (nSPS) is 15.2. The van der Waals surface area contributed by atoms with Gasteiger partial charge in [0, 0.05) is 5.69 Å². The maximum atomic E-state index is 13.5. The van der Waals surface area contributed by atoms with Crippen LogP contribution in [0.4, 0.5) is 17.1 Å². The third kappa shape index (κ3) is 6.22. The second kappa shape index (κ2) is 11.9. The number of thioether (sulfide) groups is 1. The van der Waals surface area contributed by atoms with Crippen LogP contribution in [0.2, 0.25) is 0 Å². The lowest BCUT2D eigenvalue weighted by molar-refractivity contribution is -0.118. The van der Waals surface area contributed by atoms with Gasteiger partial charge in [0.05, 0.1) is 20.8 Å². The zero-order valence-electron chi connectivity index (χ0n) is 20.1. The lowest BCUT2D eigenvalue weighted by Gasteiger charge is -2.15. The second-order valence-corrected chi connectivity index (χ2v) is 10.1. The van der Waals surface area contributed by atoms with E-state index in [0.29, 0.717) is 26.0 Å². The molecule has 1 heterocycles. The lowest BCUT2D eigenvalue weighted by Crippen LogP contribution is -2.28. The first-order valence-corrected chi connectivity index (χ1v) is 13.4. The maximum Gasteiger partial charge on any atom is 0.271 e. The molecule has 1 fully saturated rings. The Balaban J connectivity index is 1.33. The van der Waals surface area contributed by atoms with Crippen LogP contribution < -0.4 is 15.0 Å². The molecule has 188 valence electrons. The van der Waals surface area contributed by atoms with Gasteiger partial charge in [0.1, 0.15) is 5.75 Å². The number of aliphatic imine (C=N–C) groups is 1. The summed E-state index contributed by atoms with van der Waals surface area (Å²) in [5.41, 5.74) is 3.04. The molecule has 4 aromatic rings. The molecule has 0 spiro atoms. The summed E-state index contributed by atoms with van der Waals surface area (Å²) < 4.78 is 6.37. The number of anilines is 2. The van der Waals surface area contributed by atoms with E-state index in [1.165, 1.54) is 11.8 Å². The smallest absolute Gasteiger partial charge is 0.271 e. The van der Waals surface area contributed by atoms with Crippen molar-refractivity contribution < 1.29 is 14.3 Å². The third-order valence-electron chi connectivity index (χ3n) is 5.47. The average Bonchev–Trinajstić information content (AvgIpc) is 3.23. The number of hydrogen-bond acceptors (Lipinski definition) is 5. The fourth-order valence-corrected chi connectivity index (χ4v) is 5.22. The quantitative estimate of drug-likeness (QED) is 0.232. The van der Waals surface area contributed by atoms with Crippen LogP contribution in [0.25, 0.3) is 6.08 Å². The van der Waals surface area contributed by atoms with E-state index in [1.807, 2.05) is 109 Å². The topological polar surface area (TPSA) is 71.0 Å². The fraction of sp³-hybridized carbons (Fsp3) is 0.0333. The highest BCUT2D eigenvalue weighted by atomic mass is 79.9. The summed E-state index contributed by atoms with van der Waals surface area (Å²) >= 11 is 4.85. The van der Waals surface area contributed by atoms with Crippen LogP contribution in [-0.2, 0) is 9.59 Å². The molecule has 1 aliphatic rings. The number of benzene rings is 4. The predicted molar refractivity (Wildman–Crippen MR) is 158 cm³/mol. The molecular weight excluding hydrogens is 562 g/mol. The highest BCUT2D eigenvalue weighted by Gasteiger charge is 2.34. The summed E-state index contributed by atoms with van der Waals surface area (Å²) in [6, 6.07) is 33.7. The summed E-state index contributed by atoms with van der Waals surface area (Å²) in [5, 5.41) is 3.38. The van der Waals surface area contributed by atoms with E-state index < -0.39 is 0 Å². The number of rotatable bonds is 7. The van der Waals surface area contributed by atoms with Crippen molar-refractivity contribution in [2.75, 3.05) is 16.8 Å². The molecule has 6 nitrogen and oxygen atoms in total. The number of halogens is 1. The van der Waals surface area contributed by atoms with Gasteiger partial charge in [-0.05, 0) is 87.9 Å². The van der Waals surface area contributed by atoms with Gasteiger partial charge < -0.3 is 10.1 Å². The summed E-state index contributed by atoms with van der Waals surface area (Å²) in [6.45, 7) is -0.131. The number of amidine groups is 1. The number of hydrogen-bond donors (Lipinski definition) is 1. The summed E-state index contributed by atoms with van der Waals surface area (Å²) in [6.07, 6.45) is 1.83. The van der Waals surface area contributed by atoms with Gasteiger partial charge in [-0.15, -0.1) is 0 Å². The number of amides is 2. The average molecular weight is 584 g/mol. The largest absolute Gasteiger partial charge is 0.483 e. The number of carbonyl (C=O) groups excluding carboxylic acids is 2. The first-order chi connectivity index (χ1) is 18.6. The van der Waals surface area contributed by atoms with Crippen molar-refractivity contribution in [3.05, 3.63) is 124 Å². The van der Waals surface area contributed by atoms with E-state index in [4.69, 9.17) is 9.73 Å². The van der Waals surface area contributed by atoms with Gasteiger partial charge in [0.15, 0.2) is 11.8 Å². The fourth-order valence-electron chi connectivity index (χ4n) is 3.70. The molecule has 2 amide bonds. The van der Waals surface area contributed by atoms with Gasteiger partial charge in [-0.2, -0.15) is 0 Å². The van der Waals surface area contributed by atoms with Gasteiger partial charge in [-0.3, -0.25) is 14.5 Å². The molecule has 38 heavy (non-hydrogen) atoms. The summed E-state index contributed by atoms with van der Waals surface area (Å²) in [7, 11) is 0. The van der Waals surface area contributed by atoms with Crippen LogP contribution in [0.3, 0.4) is 0 Å². The lowest BCUT2D eigenvalue weighted by atomic mass is 10.2. The Hall–Kier alpha value is -4.14. The summed E-state index contributed by atoms with van der Waals surface area (Å²) in [5.74, 6) is 0.122. The molecule has 8 heteroatoms. The Morgan fingerprint density at radius 1 is 0.921 bits per heavy atom.